The lowest BCUT2D eigenvalue weighted by atomic mass is 10.3. The van der Waals surface area contributed by atoms with E-state index in [-0.39, 0.29) is 12.1 Å². The zero-order valence-electron chi connectivity index (χ0n) is 13.3. The molecule has 8 nitrogen and oxygen atoms in total. The smallest absolute Gasteiger partial charge is 0.331 e. The zero-order chi connectivity index (χ0) is 17.8. The van der Waals surface area contributed by atoms with Crippen molar-refractivity contribution < 1.29 is 14.3 Å². The number of nitrogens with one attached hydrogen (secondary N) is 1. The van der Waals surface area contributed by atoms with Gasteiger partial charge in [-0.1, -0.05) is 0 Å². The highest BCUT2D eigenvalue weighted by molar-refractivity contribution is 5.84. The molecule has 0 aliphatic carbocycles. The summed E-state index contributed by atoms with van der Waals surface area (Å²) >= 11 is 0. The van der Waals surface area contributed by atoms with Gasteiger partial charge in [0.2, 0.25) is 5.88 Å². The number of aromatic amines is 1. The lowest BCUT2D eigenvalue weighted by molar-refractivity contribution is 0.392. The Bertz CT molecular complexity index is 998. The Hall–Kier alpha value is -3.55. The van der Waals surface area contributed by atoms with E-state index in [0.29, 0.717) is 17.2 Å². The highest BCUT2D eigenvalue weighted by Crippen LogP contribution is 2.18. The minimum absolute atomic E-state index is 0.0160. The van der Waals surface area contributed by atoms with E-state index in [2.05, 4.69) is 9.98 Å². The van der Waals surface area contributed by atoms with Gasteiger partial charge in [0.1, 0.15) is 17.1 Å². The molecule has 0 radical (unpaired) electrons. The highest BCUT2D eigenvalue weighted by atomic mass is 16.5. The average molecular weight is 341 g/mol. The van der Waals surface area contributed by atoms with E-state index in [4.69, 9.17) is 9.15 Å². The monoisotopic (exact) mass is 341 g/mol. The maximum Gasteiger partial charge on any atom is 0.331 e. The molecule has 2 heterocycles. The highest BCUT2D eigenvalue weighted by Gasteiger charge is 2.13. The second kappa shape index (κ2) is 6.91. The fourth-order valence-corrected chi connectivity index (χ4v) is 2.20. The van der Waals surface area contributed by atoms with Crippen LogP contribution in [0.4, 0.5) is 5.69 Å². The molecule has 0 saturated carbocycles. The van der Waals surface area contributed by atoms with E-state index in [1.807, 2.05) is 0 Å². The van der Waals surface area contributed by atoms with Gasteiger partial charge in [-0.05, 0) is 36.4 Å². The van der Waals surface area contributed by atoms with E-state index in [1.54, 1.807) is 43.5 Å². The molecule has 3 aromatic rings. The van der Waals surface area contributed by atoms with Gasteiger partial charge in [-0.15, -0.1) is 0 Å². The molecule has 128 valence electrons. The molecular weight excluding hydrogens is 326 g/mol. The zero-order valence-corrected chi connectivity index (χ0v) is 13.3. The first-order valence-corrected chi connectivity index (χ1v) is 7.35. The minimum Gasteiger partial charge on any atom is -0.497 e. The normalized spacial score (nSPS) is 11.1. The summed E-state index contributed by atoms with van der Waals surface area (Å²) in [5.41, 5.74) is -1.03. The number of hydrogen-bond acceptors (Lipinski definition) is 6. The molecule has 1 aromatic carbocycles. The standard InChI is InChI=1S/C17H15N3O5/c1-24-12-6-4-11(5-7-12)18-9-14-15(21)19-17(23)20(16(14)22)10-13-3-2-8-25-13/h2-9,22H,10H2,1H3,(H,19,21,23). The first-order chi connectivity index (χ1) is 12.1. The van der Waals surface area contributed by atoms with Crippen LogP contribution in [0.1, 0.15) is 11.3 Å². The summed E-state index contributed by atoms with van der Waals surface area (Å²) in [6, 6.07) is 10.1. The summed E-state index contributed by atoms with van der Waals surface area (Å²) in [6.45, 7) is -0.0160. The molecule has 25 heavy (non-hydrogen) atoms. The first kappa shape index (κ1) is 16.3. The number of hydrogen-bond donors (Lipinski definition) is 2. The van der Waals surface area contributed by atoms with Crippen LogP contribution in [0.15, 0.2) is 61.7 Å². The van der Waals surface area contributed by atoms with Crippen LogP contribution in [0.25, 0.3) is 0 Å². The van der Waals surface area contributed by atoms with Crippen LogP contribution < -0.4 is 16.0 Å². The Balaban J connectivity index is 1.96. The van der Waals surface area contributed by atoms with Crippen molar-refractivity contribution in [2.45, 2.75) is 6.54 Å². The van der Waals surface area contributed by atoms with E-state index in [9.17, 15) is 14.7 Å². The molecule has 0 fully saturated rings. The SMILES string of the molecule is COc1ccc(N=Cc2c(O)n(Cc3ccco3)c(=O)[nH]c2=O)cc1. The Morgan fingerprint density at radius 1 is 1.28 bits per heavy atom. The van der Waals surface area contributed by atoms with Gasteiger partial charge >= 0.3 is 5.69 Å². The summed E-state index contributed by atoms with van der Waals surface area (Å²) in [5.74, 6) is 0.650. The number of aromatic hydroxyl groups is 1. The van der Waals surface area contributed by atoms with E-state index < -0.39 is 17.1 Å². The van der Waals surface area contributed by atoms with Crippen molar-refractivity contribution in [1.29, 1.82) is 0 Å². The number of rotatable bonds is 5. The largest absolute Gasteiger partial charge is 0.497 e. The van der Waals surface area contributed by atoms with Crippen molar-refractivity contribution in [1.82, 2.24) is 9.55 Å². The Morgan fingerprint density at radius 2 is 2.04 bits per heavy atom. The average Bonchev–Trinajstić information content (AvgIpc) is 3.12. The van der Waals surface area contributed by atoms with Crippen molar-refractivity contribution in [3.8, 4) is 11.6 Å². The second-order valence-electron chi connectivity index (χ2n) is 5.12. The number of aromatic nitrogens is 2. The first-order valence-electron chi connectivity index (χ1n) is 7.35. The third-order valence-corrected chi connectivity index (χ3v) is 3.52. The van der Waals surface area contributed by atoms with Crippen LogP contribution in [0, 0.1) is 0 Å². The molecule has 2 N–H and O–H groups in total. The number of H-pyrrole nitrogens is 1. The molecule has 0 atom stereocenters. The van der Waals surface area contributed by atoms with Crippen molar-refractivity contribution in [3.63, 3.8) is 0 Å². The van der Waals surface area contributed by atoms with Crippen LogP contribution in [0.3, 0.4) is 0 Å². The van der Waals surface area contributed by atoms with E-state index >= 15 is 0 Å². The molecule has 0 bridgehead atoms. The number of ether oxygens (including phenoxy) is 1. The maximum absolute atomic E-state index is 12.0. The van der Waals surface area contributed by atoms with Crippen LogP contribution in [0.2, 0.25) is 0 Å². The van der Waals surface area contributed by atoms with Gasteiger partial charge in [0, 0.05) is 6.21 Å². The summed E-state index contributed by atoms with van der Waals surface area (Å²) in [4.78, 5) is 30.2. The van der Waals surface area contributed by atoms with Gasteiger partial charge in [-0.2, -0.15) is 0 Å². The van der Waals surface area contributed by atoms with Gasteiger partial charge in [0.15, 0.2) is 0 Å². The van der Waals surface area contributed by atoms with Gasteiger partial charge in [0.25, 0.3) is 5.56 Å². The Kier molecular flexibility index (Phi) is 4.51. The van der Waals surface area contributed by atoms with Gasteiger partial charge in [0.05, 0.1) is 25.6 Å². The van der Waals surface area contributed by atoms with Crippen molar-refractivity contribution in [2.24, 2.45) is 4.99 Å². The van der Waals surface area contributed by atoms with Crippen LogP contribution >= 0.6 is 0 Å². The summed E-state index contributed by atoms with van der Waals surface area (Å²) in [5, 5.41) is 10.3. The molecule has 3 rings (SSSR count). The van der Waals surface area contributed by atoms with Crippen molar-refractivity contribution in [2.75, 3.05) is 7.11 Å². The number of benzene rings is 1. The lowest BCUT2D eigenvalue weighted by Crippen LogP contribution is -2.32. The van der Waals surface area contributed by atoms with Gasteiger partial charge in [-0.3, -0.25) is 19.3 Å². The Morgan fingerprint density at radius 3 is 2.68 bits per heavy atom. The molecule has 0 aliphatic rings. The fourth-order valence-electron chi connectivity index (χ4n) is 2.20. The third-order valence-electron chi connectivity index (χ3n) is 3.52. The van der Waals surface area contributed by atoms with Gasteiger partial charge < -0.3 is 14.3 Å². The molecule has 0 unspecified atom stereocenters. The fraction of sp³-hybridized carbons (Fsp3) is 0.118. The van der Waals surface area contributed by atoms with Crippen LogP contribution in [-0.4, -0.2) is 28.0 Å². The molecule has 8 heteroatoms. The third kappa shape index (κ3) is 3.52. The van der Waals surface area contributed by atoms with Gasteiger partial charge in [-0.25, -0.2) is 4.79 Å². The van der Waals surface area contributed by atoms with Crippen molar-refractivity contribution in [3.05, 3.63) is 74.8 Å². The summed E-state index contributed by atoms with van der Waals surface area (Å²) in [6.07, 6.45) is 2.66. The number of nitrogens with zero attached hydrogens (tertiary/aromatic N) is 2. The van der Waals surface area contributed by atoms with Crippen LogP contribution in [-0.2, 0) is 6.54 Å². The predicted molar refractivity (Wildman–Crippen MR) is 91.0 cm³/mol. The second-order valence-corrected chi connectivity index (χ2v) is 5.12. The summed E-state index contributed by atoms with van der Waals surface area (Å²) in [7, 11) is 1.55. The lowest BCUT2D eigenvalue weighted by Gasteiger charge is -2.07. The maximum atomic E-state index is 12.0. The Labute approximate surface area is 141 Å². The molecule has 0 saturated heterocycles. The quantitative estimate of drug-likeness (QED) is 0.686. The minimum atomic E-state index is -0.736. The van der Waals surface area contributed by atoms with Crippen LogP contribution in [0.5, 0.6) is 11.6 Å². The van der Waals surface area contributed by atoms with E-state index in [0.717, 1.165) is 4.57 Å². The topological polar surface area (TPSA) is 110 Å². The molecule has 2 aromatic heterocycles. The summed E-state index contributed by atoms with van der Waals surface area (Å²) < 4.78 is 11.2. The molecule has 0 spiro atoms. The van der Waals surface area contributed by atoms with Crippen molar-refractivity contribution >= 4 is 11.9 Å². The molecule has 0 aliphatic heterocycles. The molecular formula is C17H15N3O5. The molecule has 0 amide bonds. The predicted octanol–water partition coefficient (Wildman–Crippen LogP) is 1.64. The number of methoxy groups -OCH3 is 1. The number of aliphatic imine (C=N–C) groups is 1. The number of furan rings is 1. The van der Waals surface area contributed by atoms with E-state index in [1.165, 1.54) is 12.5 Å².